The predicted molar refractivity (Wildman–Crippen MR) is 141 cm³/mol. The number of hydrogen-bond donors (Lipinski definition) is 1. The van der Waals surface area contributed by atoms with Gasteiger partial charge in [0.1, 0.15) is 0 Å². The molecular weight excluding hydrogens is 545 g/mol. The molecule has 1 atom stereocenters. The number of hydrogen-bond acceptors (Lipinski definition) is 8. The number of aliphatic hydroxyl groups is 1. The summed E-state index contributed by atoms with van der Waals surface area (Å²) in [6.07, 6.45) is 0. The predicted octanol–water partition coefficient (Wildman–Crippen LogP) is 6.98. The second kappa shape index (κ2) is 10.1. The number of rotatable bonds is 7. The van der Waals surface area contributed by atoms with Crippen molar-refractivity contribution in [3.63, 3.8) is 0 Å². The van der Waals surface area contributed by atoms with Gasteiger partial charge in [-0.2, -0.15) is 0 Å². The van der Waals surface area contributed by atoms with Gasteiger partial charge in [-0.1, -0.05) is 82.7 Å². The highest BCUT2D eigenvalue weighted by atomic mass is 35.5. The number of carbonyl (C=O) groups is 2. The van der Waals surface area contributed by atoms with E-state index in [1.807, 2.05) is 24.3 Å². The minimum Gasteiger partial charge on any atom is -0.503 e. The van der Waals surface area contributed by atoms with Crippen LogP contribution in [0.2, 0.25) is 10.0 Å². The lowest BCUT2D eigenvalue weighted by molar-refractivity contribution is -0.117. The summed E-state index contributed by atoms with van der Waals surface area (Å²) >= 11 is 16.2. The van der Waals surface area contributed by atoms with Crippen molar-refractivity contribution >= 4 is 74.5 Å². The lowest BCUT2D eigenvalue weighted by atomic mass is 9.95. The minimum absolute atomic E-state index is 0.000225. The fourth-order valence-electron chi connectivity index (χ4n) is 3.65. The standard InChI is InChI=1S/C24H15Cl2N3O3S3/c25-15-9-7-13(8-10-15)19-18(20(30)17-6-3-11-33-17)21(31)22(32)29(19)23-27-28-24(35-23)34-12-14-4-1-2-5-16(14)26/h1-11,19,31H,12H2. The number of thioether (sulfide) groups is 1. The third-order valence-corrected chi connectivity index (χ3v) is 8.89. The molecule has 11 heteroatoms. The largest absolute Gasteiger partial charge is 0.503 e. The number of ketones is 1. The Bertz CT molecular complexity index is 1440. The second-order valence-electron chi connectivity index (χ2n) is 7.43. The molecule has 0 radical (unpaired) electrons. The average Bonchev–Trinajstić information content (AvgIpc) is 3.60. The maximum absolute atomic E-state index is 13.3. The highest BCUT2D eigenvalue weighted by molar-refractivity contribution is 8.00. The molecule has 0 fully saturated rings. The van der Waals surface area contributed by atoms with Crippen LogP contribution in [0.25, 0.3) is 0 Å². The highest BCUT2D eigenvalue weighted by Gasteiger charge is 2.46. The van der Waals surface area contributed by atoms with E-state index in [-0.39, 0.29) is 10.7 Å². The topological polar surface area (TPSA) is 83.4 Å². The van der Waals surface area contributed by atoms with Crippen molar-refractivity contribution in [1.82, 2.24) is 10.2 Å². The van der Waals surface area contributed by atoms with Gasteiger partial charge in [-0.05, 0) is 40.8 Å². The first kappa shape index (κ1) is 24.0. The van der Waals surface area contributed by atoms with Crippen LogP contribution in [0.3, 0.4) is 0 Å². The molecule has 176 valence electrons. The van der Waals surface area contributed by atoms with Crippen LogP contribution in [-0.2, 0) is 10.5 Å². The Morgan fingerprint density at radius 3 is 2.54 bits per heavy atom. The van der Waals surface area contributed by atoms with Crippen molar-refractivity contribution in [2.24, 2.45) is 0 Å². The molecule has 1 unspecified atom stereocenters. The van der Waals surface area contributed by atoms with Gasteiger partial charge in [0, 0.05) is 15.8 Å². The van der Waals surface area contributed by atoms with Crippen LogP contribution >= 0.6 is 57.6 Å². The van der Waals surface area contributed by atoms with Crippen LogP contribution in [0.5, 0.6) is 0 Å². The van der Waals surface area contributed by atoms with Crippen molar-refractivity contribution in [1.29, 1.82) is 0 Å². The van der Waals surface area contributed by atoms with Gasteiger partial charge >= 0.3 is 0 Å². The number of anilines is 1. The zero-order valence-corrected chi connectivity index (χ0v) is 21.7. The molecule has 0 saturated carbocycles. The molecule has 1 aliphatic rings. The third kappa shape index (κ3) is 4.74. The molecule has 1 N–H and O–H groups in total. The van der Waals surface area contributed by atoms with Gasteiger partial charge < -0.3 is 5.11 Å². The minimum atomic E-state index is -0.872. The summed E-state index contributed by atoms with van der Waals surface area (Å²) in [5.74, 6) is -1.13. The fraction of sp³-hybridized carbons (Fsp3) is 0.0833. The summed E-state index contributed by atoms with van der Waals surface area (Å²) in [5, 5.41) is 22.5. The molecule has 35 heavy (non-hydrogen) atoms. The van der Waals surface area contributed by atoms with E-state index in [4.69, 9.17) is 23.2 Å². The lowest BCUT2D eigenvalue weighted by Gasteiger charge is -2.24. The van der Waals surface area contributed by atoms with E-state index in [0.717, 1.165) is 5.56 Å². The van der Waals surface area contributed by atoms with Gasteiger partial charge in [-0.15, -0.1) is 21.5 Å². The van der Waals surface area contributed by atoms with E-state index < -0.39 is 23.5 Å². The maximum Gasteiger partial charge on any atom is 0.296 e. The SMILES string of the molecule is O=C(C1=C(O)C(=O)N(c2nnc(SCc3ccccc3Cl)s2)C1c1ccc(Cl)cc1)c1cccs1. The van der Waals surface area contributed by atoms with Gasteiger partial charge in [0.2, 0.25) is 10.9 Å². The molecular formula is C24H15Cl2N3O3S3. The summed E-state index contributed by atoms with van der Waals surface area (Å²) in [5.41, 5.74) is 1.57. The van der Waals surface area contributed by atoms with Gasteiger partial charge in [-0.3, -0.25) is 14.5 Å². The molecule has 2 aromatic heterocycles. The zero-order valence-electron chi connectivity index (χ0n) is 17.7. The molecule has 5 rings (SSSR count). The normalized spacial score (nSPS) is 15.8. The van der Waals surface area contributed by atoms with E-state index in [9.17, 15) is 14.7 Å². The number of carbonyl (C=O) groups excluding carboxylic acids is 2. The number of thiophene rings is 1. The van der Waals surface area contributed by atoms with Crippen LogP contribution in [-0.4, -0.2) is 27.0 Å². The first-order valence-electron chi connectivity index (χ1n) is 10.2. The Kier molecular flexibility index (Phi) is 6.95. The van der Waals surface area contributed by atoms with Gasteiger partial charge in [0.05, 0.1) is 16.5 Å². The van der Waals surface area contributed by atoms with E-state index in [1.54, 1.807) is 41.8 Å². The quantitative estimate of drug-likeness (QED) is 0.149. The number of halogens is 2. The lowest BCUT2D eigenvalue weighted by Crippen LogP contribution is -2.31. The molecule has 0 spiro atoms. The van der Waals surface area contributed by atoms with Crippen molar-refractivity contribution in [3.05, 3.63) is 103 Å². The summed E-state index contributed by atoms with van der Waals surface area (Å²) in [6, 6.07) is 16.9. The van der Waals surface area contributed by atoms with Crippen LogP contribution in [0.4, 0.5) is 5.13 Å². The molecule has 2 aromatic carbocycles. The van der Waals surface area contributed by atoms with Crippen LogP contribution in [0.1, 0.15) is 26.8 Å². The monoisotopic (exact) mass is 559 g/mol. The number of aromatic nitrogens is 2. The summed E-state index contributed by atoms with van der Waals surface area (Å²) in [6.45, 7) is 0. The first-order chi connectivity index (χ1) is 16.9. The van der Waals surface area contributed by atoms with E-state index >= 15 is 0 Å². The molecule has 0 bridgehead atoms. The molecule has 0 saturated heterocycles. The maximum atomic E-state index is 13.3. The highest BCUT2D eigenvalue weighted by Crippen LogP contribution is 2.44. The molecule has 3 heterocycles. The van der Waals surface area contributed by atoms with Crippen LogP contribution in [0, 0.1) is 0 Å². The molecule has 1 aliphatic heterocycles. The molecule has 0 aliphatic carbocycles. The third-order valence-electron chi connectivity index (χ3n) is 5.29. The second-order valence-corrected chi connectivity index (χ2v) is 11.4. The fourth-order valence-corrected chi connectivity index (χ4v) is 6.61. The number of benzene rings is 2. The number of aliphatic hydroxyl groups excluding tert-OH is 1. The summed E-state index contributed by atoms with van der Waals surface area (Å²) in [4.78, 5) is 28.3. The van der Waals surface area contributed by atoms with Crippen LogP contribution in [0.15, 0.2) is 81.7 Å². The van der Waals surface area contributed by atoms with Crippen molar-refractivity contribution < 1.29 is 14.7 Å². The van der Waals surface area contributed by atoms with E-state index in [2.05, 4.69) is 10.2 Å². The molecule has 4 aromatic rings. The first-order valence-corrected chi connectivity index (χ1v) is 13.7. The summed E-state index contributed by atoms with van der Waals surface area (Å²) in [7, 11) is 0. The van der Waals surface area contributed by atoms with Gasteiger partial charge in [-0.25, -0.2) is 0 Å². The number of Topliss-reactive ketones (excluding diaryl/α,β-unsaturated/α-hetero) is 1. The Balaban J connectivity index is 1.49. The Labute approximate surface area is 222 Å². The average molecular weight is 561 g/mol. The van der Waals surface area contributed by atoms with Crippen molar-refractivity contribution in [2.75, 3.05) is 4.90 Å². The smallest absolute Gasteiger partial charge is 0.296 e. The van der Waals surface area contributed by atoms with Gasteiger partial charge in [0.15, 0.2) is 10.1 Å². The van der Waals surface area contributed by atoms with E-state index in [1.165, 1.54) is 39.3 Å². The number of nitrogens with zero attached hydrogens (tertiary/aromatic N) is 3. The van der Waals surface area contributed by atoms with Crippen molar-refractivity contribution in [3.8, 4) is 0 Å². The van der Waals surface area contributed by atoms with Crippen molar-refractivity contribution in [2.45, 2.75) is 16.1 Å². The Hall–Kier alpha value is -2.69. The number of amides is 1. The molecule has 1 amide bonds. The zero-order chi connectivity index (χ0) is 24.5. The van der Waals surface area contributed by atoms with E-state index in [0.29, 0.717) is 30.6 Å². The van der Waals surface area contributed by atoms with Gasteiger partial charge in [0.25, 0.3) is 5.91 Å². The molecule has 6 nitrogen and oxygen atoms in total. The Morgan fingerprint density at radius 2 is 1.83 bits per heavy atom. The Morgan fingerprint density at radius 1 is 1.06 bits per heavy atom. The van der Waals surface area contributed by atoms with Crippen LogP contribution < -0.4 is 4.90 Å². The summed E-state index contributed by atoms with van der Waals surface area (Å²) < 4.78 is 0.625.